The first-order valence-electron chi connectivity index (χ1n) is 6.99. The molecule has 0 bridgehead atoms. The molecule has 1 unspecified atom stereocenters. The average molecular weight is 295 g/mol. The van der Waals surface area contributed by atoms with Crippen LogP contribution in [0.5, 0.6) is 0 Å². The Hall–Kier alpha value is -1.86. The summed E-state index contributed by atoms with van der Waals surface area (Å²) in [6.45, 7) is 5.17. The molecule has 21 heavy (non-hydrogen) atoms. The Morgan fingerprint density at radius 2 is 1.90 bits per heavy atom. The summed E-state index contributed by atoms with van der Waals surface area (Å²) >= 11 is 0. The highest BCUT2D eigenvalue weighted by molar-refractivity contribution is 5.63. The van der Waals surface area contributed by atoms with Gasteiger partial charge in [0.1, 0.15) is 0 Å². The zero-order chi connectivity index (χ0) is 16.0. The quantitative estimate of drug-likeness (QED) is 0.387. The Kier molecular flexibility index (Phi) is 6.39. The number of hydrogen-bond donors (Lipinski definition) is 3. The number of nitro groups is 1. The van der Waals surface area contributed by atoms with E-state index < -0.39 is 4.92 Å². The van der Waals surface area contributed by atoms with Crippen LogP contribution >= 0.6 is 0 Å². The highest BCUT2D eigenvalue weighted by Gasteiger charge is 2.15. The van der Waals surface area contributed by atoms with Gasteiger partial charge in [-0.1, -0.05) is 13.8 Å². The Labute approximate surface area is 125 Å². The van der Waals surface area contributed by atoms with Gasteiger partial charge in [-0.2, -0.15) is 0 Å². The minimum absolute atomic E-state index is 0.0149. The molecule has 0 saturated carbocycles. The lowest BCUT2D eigenvalue weighted by Crippen LogP contribution is -2.33. The molecule has 0 aromatic heterocycles. The Bertz CT molecular complexity index is 466. The minimum Gasteiger partial charge on any atom is -0.381 e. The summed E-state index contributed by atoms with van der Waals surface area (Å²) in [6, 6.07) is 4.93. The molecule has 0 saturated heterocycles. The fourth-order valence-corrected chi connectivity index (χ4v) is 2.31. The number of non-ortho nitro benzene ring substituents is 1. The molecule has 1 rings (SSSR count). The first kappa shape index (κ1) is 17.2. The van der Waals surface area contributed by atoms with Gasteiger partial charge in [-0.3, -0.25) is 16.0 Å². The average Bonchev–Trinajstić information content (AvgIpc) is 2.36. The molecule has 1 aromatic rings. The normalized spacial score (nSPS) is 12.5. The summed E-state index contributed by atoms with van der Waals surface area (Å²) < 4.78 is 0. The fraction of sp³-hybridized carbons (Fsp3) is 0.571. The number of rotatable bonds is 8. The van der Waals surface area contributed by atoms with Crippen LogP contribution in [-0.2, 0) is 0 Å². The smallest absolute Gasteiger partial charge is 0.273 e. The van der Waals surface area contributed by atoms with Gasteiger partial charge in [0.2, 0.25) is 0 Å². The van der Waals surface area contributed by atoms with Crippen LogP contribution in [0.2, 0.25) is 0 Å². The summed E-state index contributed by atoms with van der Waals surface area (Å²) in [5, 5.41) is 14.3. The van der Waals surface area contributed by atoms with Crippen molar-refractivity contribution in [3.05, 3.63) is 28.3 Å². The lowest BCUT2D eigenvalue weighted by molar-refractivity contribution is -0.384. The third-order valence-electron chi connectivity index (χ3n) is 3.01. The highest BCUT2D eigenvalue weighted by atomic mass is 16.6. The minimum atomic E-state index is -0.421. The number of anilines is 2. The van der Waals surface area contributed by atoms with Gasteiger partial charge in [0, 0.05) is 30.4 Å². The second-order valence-electron chi connectivity index (χ2n) is 5.90. The zero-order valence-corrected chi connectivity index (χ0v) is 13.1. The monoisotopic (exact) mass is 295 g/mol. The molecule has 0 radical (unpaired) electrons. The van der Waals surface area contributed by atoms with Crippen molar-refractivity contribution >= 4 is 17.1 Å². The summed E-state index contributed by atoms with van der Waals surface area (Å²) in [6.07, 6.45) is 0.978. The highest BCUT2D eigenvalue weighted by Crippen LogP contribution is 2.25. The van der Waals surface area contributed by atoms with E-state index in [0.717, 1.165) is 13.0 Å². The number of likely N-dealkylation sites (N-methyl/N-ethyl adjacent to an activating group) is 1. The SMILES string of the molecule is CC(C)CC(CN(C)C)Nc1cc(NN)cc([N+](=O)[O-])c1. The molecule has 118 valence electrons. The van der Waals surface area contributed by atoms with Crippen LogP contribution in [0.1, 0.15) is 20.3 Å². The van der Waals surface area contributed by atoms with Crippen LogP contribution in [0.4, 0.5) is 17.1 Å². The van der Waals surface area contributed by atoms with E-state index >= 15 is 0 Å². The largest absolute Gasteiger partial charge is 0.381 e. The van der Waals surface area contributed by atoms with Crippen molar-refractivity contribution in [3.8, 4) is 0 Å². The second-order valence-corrected chi connectivity index (χ2v) is 5.90. The number of benzene rings is 1. The van der Waals surface area contributed by atoms with Gasteiger partial charge in [0.15, 0.2) is 0 Å². The summed E-state index contributed by atoms with van der Waals surface area (Å²) in [5.41, 5.74) is 3.69. The topological polar surface area (TPSA) is 96.5 Å². The maximum Gasteiger partial charge on any atom is 0.273 e. The van der Waals surface area contributed by atoms with Crippen LogP contribution in [-0.4, -0.2) is 36.5 Å². The molecular weight excluding hydrogens is 270 g/mol. The lowest BCUT2D eigenvalue weighted by atomic mass is 10.0. The molecule has 0 fully saturated rings. The third kappa shape index (κ3) is 5.97. The third-order valence-corrected chi connectivity index (χ3v) is 3.01. The van der Waals surface area contributed by atoms with Crippen molar-refractivity contribution in [1.29, 1.82) is 0 Å². The van der Waals surface area contributed by atoms with E-state index in [0.29, 0.717) is 17.3 Å². The van der Waals surface area contributed by atoms with E-state index in [1.807, 2.05) is 14.1 Å². The number of hydrazine groups is 1. The van der Waals surface area contributed by atoms with Gasteiger partial charge in [-0.15, -0.1) is 0 Å². The van der Waals surface area contributed by atoms with Crippen molar-refractivity contribution in [2.75, 3.05) is 31.4 Å². The Balaban J connectivity index is 2.95. The van der Waals surface area contributed by atoms with E-state index in [9.17, 15) is 10.1 Å². The first-order valence-corrected chi connectivity index (χ1v) is 6.99. The molecule has 0 aliphatic carbocycles. The van der Waals surface area contributed by atoms with E-state index in [-0.39, 0.29) is 11.7 Å². The molecule has 0 spiro atoms. The molecule has 0 aliphatic rings. The summed E-state index contributed by atoms with van der Waals surface area (Å²) in [5.74, 6) is 5.91. The first-order chi connectivity index (χ1) is 9.81. The maximum absolute atomic E-state index is 11.0. The van der Waals surface area contributed by atoms with E-state index in [1.54, 1.807) is 6.07 Å². The number of hydrogen-bond acceptors (Lipinski definition) is 6. The lowest BCUT2D eigenvalue weighted by Gasteiger charge is -2.25. The van der Waals surface area contributed by atoms with Gasteiger partial charge in [0.25, 0.3) is 5.69 Å². The number of nitrogens with one attached hydrogen (secondary N) is 2. The Morgan fingerprint density at radius 3 is 2.38 bits per heavy atom. The standard InChI is InChI=1S/C14H25N5O2/c1-10(2)5-13(9-18(3)4)16-11-6-12(17-15)8-14(7-11)19(20)21/h6-8,10,13,16-17H,5,9,15H2,1-4H3. The zero-order valence-electron chi connectivity index (χ0n) is 13.1. The van der Waals surface area contributed by atoms with Crippen molar-refractivity contribution < 1.29 is 4.92 Å². The van der Waals surface area contributed by atoms with Gasteiger partial charge >= 0.3 is 0 Å². The summed E-state index contributed by atoms with van der Waals surface area (Å²) in [7, 11) is 4.02. The maximum atomic E-state index is 11.0. The van der Waals surface area contributed by atoms with Crippen molar-refractivity contribution in [2.45, 2.75) is 26.3 Å². The van der Waals surface area contributed by atoms with Crippen LogP contribution in [0.15, 0.2) is 18.2 Å². The van der Waals surface area contributed by atoms with E-state index in [4.69, 9.17) is 5.84 Å². The molecule has 7 nitrogen and oxygen atoms in total. The molecule has 0 amide bonds. The molecule has 7 heteroatoms. The molecular formula is C14H25N5O2. The van der Waals surface area contributed by atoms with Crippen molar-refractivity contribution in [1.82, 2.24) is 4.90 Å². The van der Waals surface area contributed by atoms with E-state index in [2.05, 4.69) is 29.5 Å². The predicted molar refractivity (Wildman–Crippen MR) is 86.3 cm³/mol. The molecule has 1 aromatic carbocycles. The summed E-state index contributed by atoms with van der Waals surface area (Å²) in [4.78, 5) is 12.6. The van der Waals surface area contributed by atoms with Crippen LogP contribution < -0.4 is 16.6 Å². The number of nitro benzene ring substituents is 1. The van der Waals surface area contributed by atoms with Gasteiger partial charge in [-0.05, 0) is 32.5 Å². The number of nitrogens with zero attached hydrogens (tertiary/aromatic N) is 2. The predicted octanol–water partition coefficient (Wildman–Crippen LogP) is 2.27. The molecule has 0 aliphatic heterocycles. The van der Waals surface area contributed by atoms with Crippen molar-refractivity contribution in [3.63, 3.8) is 0 Å². The molecule has 4 N–H and O–H groups in total. The Morgan fingerprint density at radius 1 is 1.29 bits per heavy atom. The number of nitrogen functional groups attached to an aromatic ring is 1. The molecule has 1 atom stereocenters. The van der Waals surface area contributed by atoms with Gasteiger partial charge in [0.05, 0.1) is 10.6 Å². The second kappa shape index (κ2) is 7.80. The van der Waals surface area contributed by atoms with Crippen molar-refractivity contribution in [2.24, 2.45) is 11.8 Å². The van der Waals surface area contributed by atoms with E-state index in [1.165, 1.54) is 12.1 Å². The van der Waals surface area contributed by atoms with Gasteiger partial charge < -0.3 is 15.6 Å². The van der Waals surface area contributed by atoms with Crippen LogP contribution in [0.3, 0.4) is 0 Å². The fourth-order valence-electron chi connectivity index (χ4n) is 2.31. The van der Waals surface area contributed by atoms with Crippen LogP contribution in [0.25, 0.3) is 0 Å². The van der Waals surface area contributed by atoms with Crippen LogP contribution in [0, 0.1) is 16.0 Å². The van der Waals surface area contributed by atoms with Gasteiger partial charge in [-0.25, -0.2) is 0 Å². The molecule has 0 heterocycles. The number of nitrogens with two attached hydrogens (primary N) is 1.